The Morgan fingerprint density at radius 1 is 1.20 bits per heavy atom. The van der Waals surface area contributed by atoms with Crippen molar-refractivity contribution in [3.8, 4) is 0 Å². The second-order valence-electron chi connectivity index (χ2n) is 3.37. The Balaban J connectivity index is 4.45. The maximum absolute atomic E-state index is 11.5. The number of hydrogen-bond donors (Lipinski definition) is 0. The van der Waals surface area contributed by atoms with Gasteiger partial charge in [-0.1, -0.05) is 13.3 Å². The zero-order valence-electron chi connectivity index (χ0n) is 9.54. The molecule has 86 valence electrons. The average molecular weight is 214 g/mol. The van der Waals surface area contributed by atoms with Crippen LogP contribution in [0.15, 0.2) is 0 Å². The molecule has 0 saturated heterocycles. The molecule has 15 heavy (non-hydrogen) atoms. The summed E-state index contributed by atoms with van der Waals surface area (Å²) < 4.78 is 4.69. The Hall–Kier alpha value is -1.19. The fraction of sp³-hybridized carbons (Fsp3) is 0.727. The van der Waals surface area contributed by atoms with E-state index in [4.69, 9.17) is 0 Å². The van der Waals surface area contributed by atoms with E-state index in [0.717, 1.165) is 6.42 Å². The molecule has 0 aromatic rings. The van der Waals surface area contributed by atoms with Crippen molar-refractivity contribution in [2.45, 2.75) is 40.0 Å². The molecule has 0 saturated carbocycles. The molecule has 0 aromatic heterocycles. The Labute approximate surface area is 90.0 Å². The maximum atomic E-state index is 11.5. The smallest absolute Gasteiger partial charge is 0.324 e. The topological polar surface area (TPSA) is 60.4 Å². The summed E-state index contributed by atoms with van der Waals surface area (Å²) in [6.45, 7) is 5.02. The molecule has 0 heterocycles. The lowest BCUT2D eigenvalue weighted by Gasteiger charge is -2.10. The van der Waals surface area contributed by atoms with Crippen molar-refractivity contribution in [3.05, 3.63) is 0 Å². The highest BCUT2D eigenvalue weighted by Gasteiger charge is 2.31. The lowest BCUT2D eigenvalue weighted by molar-refractivity contribution is -0.154. The van der Waals surface area contributed by atoms with E-state index in [9.17, 15) is 14.4 Å². The largest absolute Gasteiger partial charge is 0.465 e. The van der Waals surface area contributed by atoms with Crippen molar-refractivity contribution in [2.24, 2.45) is 5.92 Å². The fourth-order valence-electron chi connectivity index (χ4n) is 1.25. The summed E-state index contributed by atoms with van der Waals surface area (Å²) in [5.41, 5.74) is 0. The maximum Gasteiger partial charge on any atom is 0.324 e. The van der Waals surface area contributed by atoms with Crippen LogP contribution >= 0.6 is 0 Å². The van der Waals surface area contributed by atoms with Gasteiger partial charge in [-0.15, -0.1) is 0 Å². The molecule has 0 N–H and O–H groups in total. The minimum absolute atomic E-state index is 0.184. The third-order valence-corrected chi connectivity index (χ3v) is 2.03. The van der Waals surface area contributed by atoms with E-state index in [1.165, 1.54) is 6.92 Å². The molecule has 0 fully saturated rings. The van der Waals surface area contributed by atoms with Crippen molar-refractivity contribution >= 4 is 17.5 Å². The third kappa shape index (κ3) is 4.72. The van der Waals surface area contributed by atoms with E-state index >= 15 is 0 Å². The Morgan fingerprint density at radius 2 is 1.80 bits per heavy atom. The van der Waals surface area contributed by atoms with Crippen LogP contribution in [-0.2, 0) is 19.1 Å². The molecule has 4 nitrogen and oxygen atoms in total. The highest BCUT2D eigenvalue weighted by atomic mass is 16.5. The number of Topliss-reactive ketones (excluding diaryl/α,β-unsaturated/α-hetero) is 2. The summed E-state index contributed by atoms with van der Waals surface area (Å²) in [4.78, 5) is 34.0. The van der Waals surface area contributed by atoms with Gasteiger partial charge in [0, 0.05) is 6.42 Å². The third-order valence-electron chi connectivity index (χ3n) is 2.03. The van der Waals surface area contributed by atoms with Crippen LogP contribution in [0, 0.1) is 5.92 Å². The monoisotopic (exact) mass is 214 g/mol. The van der Waals surface area contributed by atoms with E-state index in [-0.39, 0.29) is 18.8 Å². The van der Waals surface area contributed by atoms with E-state index in [1.807, 2.05) is 6.92 Å². The lowest BCUT2D eigenvalue weighted by Crippen LogP contribution is -2.31. The standard InChI is InChI=1S/C11H18O4/c1-4-6-7-9(13)10(8(3)12)11(14)15-5-2/h10H,4-7H2,1-3H3. The quantitative estimate of drug-likeness (QED) is 0.476. The van der Waals surface area contributed by atoms with Gasteiger partial charge in [0.1, 0.15) is 0 Å². The van der Waals surface area contributed by atoms with E-state index < -0.39 is 17.7 Å². The summed E-state index contributed by atoms with van der Waals surface area (Å²) in [6.07, 6.45) is 1.82. The van der Waals surface area contributed by atoms with Gasteiger partial charge in [0.2, 0.25) is 0 Å². The Bertz CT molecular complexity index is 245. The predicted octanol–water partition coefficient (Wildman–Crippen LogP) is 1.51. The van der Waals surface area contributed by atoms with Crippen LogP contribution in [0.25, 0.3) is 0 Å². The number of esters is 1. The zero-order valence-corrected chi connectivity index (χ0v) is 9.54. The molecular formula is C11H18O4. The van der Waals surface area contributed by atoms with Gasteiger partial charge in [0.15, 0.2) is 17.5 Å². The van der Waals surface area contributed by atoms with Crippen LogP contribution in [-0.4, -0.2) is 24.1 Å². The summed E-state index contributed by atoms with van der Waals surface area (Å²) in [5.74, 6) is -2.69. The molecule has 1 unspecified atom stereocenters. The molecule has 0 aliphatic rings. The van der Waals surface area contributed by atoms with Crippen LogP contribution in [0.2, 0.25) is 0 Å². The molecule has 0 aliphatic heterocycles. The van der Waals surface area contributed by atoms with Crippen LogP contribution in [0.3, 0.4) is 0 Å². The van der Waals surface area contributed by atoms with E-state index in [1.54, 1.807) is 6.92 Å². The minimum Gasteiger partial charge on any atom is -0.465 e. The molecule has 4 heteroatoms. The molecule has 0 rings (SSSR count). The van der Waals surface area contributed by atoms with E-state index in [0.29, 0.717) is 6.42 Å². The van der Waals surface area contributed by atoms with Crippen molar-refractivity contribution in [3.63, 3.8) is 0 Å². The average Bonchev–Trinajstić information content (AvgIpc) is 2.14. The van der Waals surface area contributed by atoms with Gasteiger partial charge in [0.25, 0.3) is 0 Å². The normalized spacial score (nSPS) is 11.9. The first-order valence-corrected chi connectivity index (χ1v) is 5.24. The highest BCUT2D eigenvalue weighted by molar-refractivity contribution is 6.16. The SMILES string of the molecule is CCCCC(=O)C(C(C)=O)C(=O)OCC. The first kappa shape index (κ1) is 13.8. The zero-order chi connectivity index (χ0) is 11.8. The highest BCUT2D eigenvalue weighted by Crippen LogP contribution is 2.09. The Kier molecular flexibility index (Phi) is 6.58. The molecule has 0 bridgehead atoms. The number of unbranched alkanes of at least 4 members (excludes halogenated alkanes) is 1. The van der Waals surface area contributed by atoms with Crippen molar-refractivity contribution in [2.75, 3.05) is 6.61 Å². The molecule has 0 amide bonds. The molecule has 0 aliphatic carbocycles. The summed E-state index contributed by atoms with van der Waals surface area (Å²) in [6, 6.07) is 0. The van der Waals surface area contributed by atoms with E-state index in [2.05, 4.69) is 4.74 Å². The van der Waals surface area contributed by atoms with Crippen molar-refractivity contribution in [1.82, 2.24) is 0 Å². The fourth-order valence-corrected chi connectivity index (χ4v) is 1.25. The minimum atomic E-state index is -1.21. The van der Waals surface area contributed by atoms with Gasteiger partial charge in [-0.25, -0.2) is 0 Å². The van der Waals surface area contributed by atoms with Crippen molar-refractivity contribution < 1.29 is 19.1 Å². The van der Waals surface area contributed by atoms with Gasteiger partial charge in [0.05, 0.1) is 6.61 Å². The number of carbonyl (C=O) groups is 3. The first-order chi connectivity index (χ1) is 7.04. The van der Waals surface area contributed by atoms with Crippen LogP contribution in [0.1, 0.15) is 40.0 Å². The number of carbonyl (C=O) groups excluding carboxylic acids is 3. The molecule has 0 radical (unpaired) electrons. The van der Waals surface area contributed by atoms with Gasteiger partial charge < -0.3 is 4.74 Å². The first-order valence-electron chi connectivity index (χ1n) is 5.24. The predicted molar refractivity (Wildman–Crippen MR) is 55.3 cm³/mol. The molecule has 0 aromatic carbocycles. The van der Waals surface area contributed by atoms with Gasteiger partial charge in [-0.3, -0.25) is 14.4 Å². The van der Waals surface area contributed by atoms with Gasteiger partial charge in [-0.2, -0.15) is 0 Å². The number of ether oxygens (including phenoxy) is 1. The van der Waals surface area contributed by atoms with Crippen LogP contribution in [0.4, 0.5) is 0 Å². The molecule has 0 spiro atoms. The van der Waals surface area contributed by atoms with Crippen LogP contribution in [0.5, 0.6) is 0 Å². The van der Waals surface area contributed by atoms with Gasteiger partial charge in [-0.05, 0) is 20.3 Å². The second-order valence-corrected chi connectivity index (χ2v) is 3.37. The van der Waals surface area contributed by atoms with Crippen molar-refractivity contribution in [1.29, 1.82) is 0 Å². The van der Waals surface area contributed by atoms with Crippen LogP contribution < -0.4 is 0 Å². The summed E-state index contributed by atoms with van der Waals surface area (Å²) in [7, 11) is 0. The Morgan fingerprint density at radius 3 is 2.20 bits per heavy atom. The number of rotatable bonds is 7. The van der Waals surface area contributed by atoms with Gasteiger partial charge >= 0.3 is 5.97 Å². The lowest BCUT2D eigenvalue weighted by atomic mass is 9.96. The number of ketones is 2. The molecule has 1 atom stereocenters. The molecular weight excluding hydrogens is 196 g/mol. The number of hydrogen-bond acceptors (Lipinski definition) is 4. The summed E-state index contributed by atoms with van der Waals surface area (Å²) >= 11 is 0. The summed E-state index contributed by atoms with van der Waals surface area (Å²) in [5, 5.41) is 0. The second kappa shape index (κ2) is 7.15.